The van der Waals surface area contributed by atoms with Crippen molar-refractivity contribution in [2.24, 2.45) is 0 Å². The number of carboxylic acid groups (broad SMARTS) is 2. The van der Waals surface area contributed by atoms with E-state index < -0.39 is 18.4 Å². The predicted octanol–water partition coefficient (Wildman–Crippen LogP) is 0.782. The van der Waals surface area contributed by atoms with Crippen LogP contribution < -0.4 is 0 Å². The Morgan fingerprint density at radius 3 is 1.22 bits per heavy atom. The lowest BCUT2D eigenvalue weighted by molar-refractivity contribution is -0.147. The first kappa shape index (κ1) is 16.2. The third-order valence-corrected chi connectivity index (χ3v) is 0.302. The molecule has 0 amide bonds. The first-order valence-electron chi connectivity index (χ1n) is 1.56. The van der Waals surface area contributed by atoms with Crippen molar-refractivity contribution < 1.29 is 19.8 Å². The van der Waals surface area contributed by atoms with Crippen molar-refractivity contribution in [3.63, 3.8) is 0 Å². The smallest absolute Gasteiger partial charge is 0.314 e. The number of carboxylic acids is 2. The summed E-state index contributed by atoms with van der Waals surface area (Å²) in [5.41, 5.74) is 0. The van der Waals surface area contributed by atoms with Gasteiger partial charge in [0.25, 0.3) is 0 Å². The summed E-state index contributed by atoms with van der Waals surface area (Å²) in [5.74, 6) is -2.62. The van der Waals surface area contributed by atoms with Crippen LogP contribution in [0.5, 0.6) is 0 Å². The van der Waals surface area contributed by atoms with Gasteiger partial charge in [-0.3, -0.25) is 9.59 Å². The molecule has 0 saturated carbocycles. The lowest BCUT2D eigenvalue weighted by atomic mass is 10.5. The largest absolute Gasteiger partial charge is 0.481 e. The van der Waals surface area contributed by atoms with Gasteiger partial charge in [0, 0.05) is 0 Å². The number of aliphatic carboxylic acids is 2. The lowest BCUT2D eigenvalue weighted by Crippen LogP contribution is -2.03. The van der Waals surface area contributed by atoms with Crippen LogP contribution in [-0.2, 0) is 9.59 Å². The third-order valence-electron chi connectivity index (χ3n) is 0.302. The number of carbonyl (C=O) groups is 2. The Bertz CT molecular complexity index is 90.0. The molecule has 0 aliphatic heterocycles. The van der Waals surface area contributed by atoms with Gasteiger partial charge in [-0.2, -0.15) is 0 Å². The molecule has 0 aromatic rings. The summed E-state index contributed by atoms with van der Waals surface area (Å²) in [4.78, 5) is 18.9. The summed E-state index contributed by atoms with van der Waals surface area (Å²) >= 11 is 0. The molecule has 0 unspecified atom stereocenters. The van der Waals surface area contributed by atoms with Crippen molar-refractivity contribution >= 4 is 59.9 Å². The monoisotopic (exact) mass is 360 g/mol. The maximum absolute atomic E-state index is 9.43. The van der Waals surface area contributed by atoms with Crippen LogP contribution in [0.4, 0.5) is 0 Å². The topological polar surface area (TPSA) is 74.6 Å². The van der Waals surface area contributed by atoms with E-state index in [0.29, 0.717) is 0 Å². The molecule has 0 aromatic carbocycles. The van der Waals surface area contributed by atoms with Crippen molar-refractivity contribution in [2.75, 3.05) is 0 Å². The Balaban J connectivity index is -0.000000180. The van der Waals surface area contributed by atoms with E-state index in [0.717, 1.165) is 0 Å². The van der Waals surface area contributed by atoms with Gasteiger partial charge in [-0.15, -0.1) is 48.0 Å². The summed E-state index contributed by atoms with van der Waals surface area (Å²) in [6.45, 7) is 0. The van der Waals surface area contributed by atoms with Crippen molar-refractivity contribution in [1.82, 2.24) is 0 Å². The zero-order valence-electron chi connectivity index (χ0n) is 4.23. The van der Waals surface area contributed by atoms with Gasteiger partial charge >= 0.3 is 11.9 Å². The molecule has 0 heterocycles. The number of halogens is 2. The molecule has 2 N–H and O–H groups in total. The molecule has 0 rings (SSSR count). The summed E-state index contributed by atoms with van der Waals surface area (Å²) in [5, 5.41) is 15.4. The van der Waals surface area contributed by atoms with Crippen molar-refractivity contribution in [1.29, 1.82) is 0 Å². The Labute approximate surface area is 85.7 Å². The maximum Gasteiger partial charge on any atom is 0.314 e. The second-order valence-electron chi connectivity index (χ2n) is 0.964. The molecule has 6 heteroatoms. The van der Waals surface area contributed by atoms with Crippen LogP contribution in [0.25, 0.3) is 0 Å². The fourth-order valence-electron chi connectivity index (χ4n) is 0.129. The molecule has 0 radical (unpaired) electrons. The van der Waals surface area contributed by atoms with E-state index in [1.54, 1.807) is 0 Å². The van der Waals surface area contributed by atoms with Gasteiger partial charge in [-0.25, -0.2) is 0 Å². The molecular weight excluding hydrogens is 354 g/mol. The summed E-state index contributed by atoms with van der Waals surface area (Å²) in [6.07, 6.45) is -0.806. The molecule has 0 spiro atoms. The third kappa shape index (κ3) is 17.8. The van der Waals surface area contributed by atoms with Crippen molar-refractivity contribution in [3.05, 3.63) is 0 Å². The van der Waals surface area contributed by atoms with E-state index in [-0.39, 0.29) is 48.0 Å². The maximum atomic E-state index is 9.43. The van der Waals surface area contributed by atoms with Crippen molar-refractivity contribution in [3.8, 4) is 0 Å². The molecule has 0 aliphatic carbocycles. The highest BCUT2D eigenvalue weighted by Crippen LogP contribution is 1.74. The molecule has 56 valence electrons. The number of hydrogen-bond acceptors (Lipinski definition) is 2. The average Bonchev–Trinajstić information content (AvgIpc) is 1.27. The second kappa shape index (κ2) is 8.40. The predicted molar refractivity (Wildman–Crippen MR) is 50.7 cm³/mol. The van der Waals surface area contributed by atoms with E-state index in [1.165, 1.54) is 0 Å². The summed E-state index contributed by atoms with van der Waals surface area (Å²) in [7, 11) is 0. The van der Waals surface area contributed by atoms with Crippen LogP contribution in [0.3, 0.4) is 0 Å². The van der Waals surface area contributed by atoms with E-state index in [1.807, 2.05) is 0 Å². The van der Waals surface area contributed by atoms with E-state index >= 15 is 0 Å². The van der Waals surface area contributed by atoms with Gasteiger partial charge in [0.1, 0.15) is 6.42 Å². The molecule has 0 fully saturated rings. The Morgan fingerprint density at radius 1 is 1.00 bits per heavy atom. The molecule has 0 saturated heterocycles. The standard InChI is InChI=1S/C3H4O4.2HI/c4-2(5)1-3(6)7;;/h1H2,(H,4,5)(H,6,7);2*1H. The fraction of sp³-hybridized carbons (Fsp3) is 0.333. The van der Waals surface area contributed by atoms with Gasteiger partial charge in [0.15, 0.2) is 0 Å². The van der Waals surface area contributed by atoms with Crippen LogP contribution >= 0.6 is 48.0 Å². The normalized spacial score (nSPS) is 6.22. The molecule has 0 aliphatic rings. The van der Waals surface area contributed by atoms with Gasteiger partial charge in [0.2, 0.25) is 0 Å². The van der Waals surface area contributed by atoms with E-state index in [4.69, 9.17) is 10.2 Å². The van der Waals surface area contributed by atoms with Crippen LogP contribution in [0, 0.1) is 0 Å². The molecule has 0 atom stereocenters. The second-order valence-corrected chi connectivity index (χ2v) is 0.964. The van der Waals surface area contributed by atoms with E-state index in [9.17, 15) is 9.59 Å². The Hall–Kier alpha value is 0.400. The Kier molecular flexibility index (Phi) is 15.1. The minimum absolute atomic E-state index is 0. The van der Waals surface area contributed by atoms with Gasteiger partial charge in [0.05, 0.1) is 0 Å². The fourth-order valence-corrected chi connectivity index (χ4v) is 0.129. The zero-order valence-corrected chi connectivity index (χ0v) is 8.90. The average molecular weight is 360 g/mol. The number of hydrogen-bond donors (Lipinski definition) is 2. The highest BCUT2D eigenvalue weighted by Gasteiger charge is 2.01. The van der Waals surface area contributed by atoms with Gasteiger partial charge in [-0.1, -0.05) is 0 Å². The first-order chi connectivity index (χ1) is 3.13. The quantitative estimate of drug-likeness (QED) is 0.564. The highest BCUT2D eigenvalue weighted by atomic mass is 127. The highest BCUT2D eigenvalue weighted by molar-refractivity contribution is 14.0. The first-order valence-corrected chi connectivity index (χ1v) is 1.56. The number of rotatable bonds is 2. The van der Waals surface area contributed by atoms with Gasteiger partial charge < -0.3 is 10.2 Å². The van der Waals surface area contributed by atoms with Crippen LogP contribution in [0.2, 0.25) is 0 Å². The van der Waals surface area contributed by atoms with E-state index in [2.05, 4.69) is 0 Å². The van der Waals surface area contributed by atoms with Gasteiger partial charge in [-0.05, 0) is 0 Å². The SMILES string of the molecule is I.I.O=C(O)CC(=O)O. The van der Waals surface area contributed by atoms with Crippen molar-refractivity contribution in [2.45, 2.75) is 6.42 Å². The molecule has 0 aromatic heterocycles. The van der Waals surface area contributed by atoms with Crippen LogP contribution in [0.1, 0.15) is 6.42 Å². The summed E-state index contributed by atoms with van der Waals surface area (Å²) in [6, 6.07) is 0. The Morgan fingerprint density at radius 2 is 1.22 bits per heavy atom. The zero-order chi connectivity index (χ0) is 5.86. The molecule has 9 heavy (non-hydrogen) atoms. The minimum Gasteiger partial charge on any atom is -0.481 e. The lowest BCUT2D eigenvalue weighted by Gasteiger charge is -1.80. The molecule has 4 nitrogen and oxygen atoms in total. The summed E-state index contributed by atoms with van der Waals surface area (Å²) < 4.78 is 0. The van der Waals surface area contributed by atoms with Crippen LogP contribution in [-0.4, -0.2) is 22.2 Å². The van der Waals surface area contributed by atoms with Crippen LogP contribution in [0.15, 0.2) is 0 Å². The molecular formula is C3H6I2O4. The minimum atomic E-state index is -1.31. The molecule has 0 bridgehead atoms.